The summed E-state index contributed by atoms with van der Waals surface area (Å²) in [7, 11) is 1.39. The van der Waals surface area contributed by atoms with Gasteiger partial charge in [0.2, 0.25) is 0 Å². The minimum Gasteiger partial charge on any atom is -0.458 e. The summed E-state index contributed by atoms with van der Waals surface area (Å²) in [4.78, 5) is 70.4. The molecule has 0 radical (unpaired) electrons. The molecule has 3 aromatic carbocycles. The Kier molecular flexibility index (Phi) is 8.04. The number of fused-ring (bicyclic) bond motifs is 4. The first-order valence-electron chi connectivity index (χ1n) is 14.0. The summed E-state index contributed by atoms with van der Waals surface area (Å²) in [6, 6.07) is 20.8. The van der Waals surface area contributed by atoms with Crippen molar-refractivity contribution in [3.05, 3.63) is 95.1 Å². The normalized spacial score (nSPS) is 14.5. The fourth-order valence-electron chi connectivity index (χ4n) is 5.31. The predicted molar refractivity (Wildman–Crippen MR) is 155 cm³/mol. The third-order valence-corrected chi connectivity index (χ3v) is 7.34. The molecule has 0 spiro atoms. The third-order valence-electron chi connectivity index (χ3n) is 7.34. The largest absolute Gasteiger partial charge is 0.458 e. The quantitative estimate of drug-likeness (QED) is 0.265. The number of hydroxylamine groups is 2. The van der Waals surface area contributed by atoms with Gasteiger partial charge in [-0.2, -0.15) is 0 Å². The molecule has 1 unspecified atom stereocenters. The van der Waals surface area contributed by atoms with Crippen molar-refractivity contribution >= 4 is 29.8 Å². The number of carbonyl (C=O) groups excluding carboxylic acids is 5. The number of nitrogens with zero attached hydrogens (tertiary/aromatic N) is 2. The number of hydrogen-bond acceptors (Lipinski definition) is 8. The first kappa shape index (κ1) is 29.5. The molecule has 3 amide bonds. The molecule has 10 nitrogen and oxygen atoms in total. The van der Waals surface area contributed by atoms with E-state index in [1.54, 1.807) is 32.9 Å². The van der Waals surface area contributed by atoms with Gasteiger partial charge >= 0.3 is 18.0 Å². The molecule has 222 valence electrons. The average molecular weight is 585 g/mol. The Bertz CT molecular complexity index is 1530. The number of ether oxygens (including phenoxy) is 2. The zero-order chi connectivity index (χ0) is 30.9. The third kappa shape index (κ3) is 5.99. The minimum atomic E-state index is -1.20. The van der Waals surface area contributed by atoms with Crippen LogP contribution in [0.2, 0.25) is 0 Å². The van der Waals surface area contributed by atoms with Crippen molar-refractivity contribution in [3.8, 4) is 11.1 Å². The second kappa shape index (κ2) is 11.7. The van der Waals surface area contributed by atoms with E-state index in [4.69, 9.17) is 14.3 Å². The number of benzene rings is 3. The summed E-state index contributed by atoms with van der Waals surface area (Å²) in [6.45, 7) is 5.10. The molecule has 43 heavy (non-hydrogen) atoms. The van der Waals surface area contributed by atoms with Crippen molar-refractivity contribution in [2.45, 2.75) is 51.2 Å². The molecular formula is C33H32N2O8. The van der Waals surface area contributed by atoms with Crippen LogP contribution >= 0.6 is 0 Å². The van der Waals surface area contributed by atoms with E-state index in [-0.39, 0.29) is 30.1 Å². The van der Waals surface area contributed by atoms with Crippen molar-refractivity contribution in [1.82, 2.24) is 9.96 Å². The van der Waals surface area contributed by atoms with E-state index in [0.29, 0.717) is 5.06 Å². The van der Waals surface area contributed by atoms with Gasteiger partial charge in [0.05, 0.1) is 17.5 Å². The van der Waals surface area contributed by atoms with Crippen LogP contribution in [-0.2, 0) is 23.9 Å². The van der Waals surface area contributed by atoms with Crippen LogP contribution in [0.3, 0.4) is 0 Å². The summed E-state index contributed by atoms with van der Waals surface area (Å²) >= 11 is 0. The van der Waals surface area contributed by atoms with E-state index in [1.807, 2.05) is 48.5 Å². The second-order valence-corrected chi connectivity index (χ2v) is 11.4. The van der Waals surface area contributed by atoms with Crippen molar-refractivity contribution < 1.29 is 38.3 Å². The predicted octanol–water partition coefficient (Wildman–Crippen LogP) is 5.11. The van der Waals surface area contributed by atoms with Crippen LogP contribution < -0.4 is 0 Å². The van der Waals surface area contributed by atoms with Crippen molar-refractivity contribution in [1.29, 1.82) is 0 Å². The highest BCUT2D eigenvalue weighted by atomic mass is 16.7. The molecule has 0 saturated carbocycles. The van der Waals surface area contributed by atoms with Gasteiger partial charge in [-0.05, 0) is 61.6 Å². The van der Waals surface area contributed by atoms with Crippen LogP contribution in [0, 0.1) is 0 Å². The van der Waals surface area contributed by atoms with Gasteiger partial charge in [0, 0.05) is 13.0 Å². The van der Waals surface area contributed by atoms with Crippen LogP contribution in [0.5, 0.6) is 0 Å². The lowest BCUT2D eigenvalue weighted by molar-refractivity contribution is -0.169. The highest BCUT2D eigenvalue weighted by Gasteiger charge is 2.39. The maximum absolute atomic E-state index is 13.3. The second-order valence-electron chi connectivity index (χ2n) is 11.4. The van der Waals surface area contributed by atoms with Gasteiger partial charge in [-0.25, -0.2) is 14.4 Å². The molecule has 1 aliphatic carbocycles. The van der Waals surface area contributed by atoms with Gasteiger partial charge in [0.15, 0.2) is 0 Å². The van der Waals surface area contributed by atoms with Gasteiger partial charge in [-0.3, -0.25) is 14.5 Å². The summed E-state index contributed by atoms with van der Waals surface area (Å²) in [5, 5.41) is 0.407. The molecule has 0 N–H and O–H groups in total. The van der Waals surface area contributed by atoms with Crippen molar-refractivity contribution in [3.63, 3.8) is 0 Å². The number of hydrogen-bond donors (Lipinski definition) is 0. The Morgan fingerprint density at radius 1 is 0.814 bits per heavy atom. The monoisotopic (exact) mass is 584 g/mol. The summed E-state index contributed by atoms with van der Waals surface area (Å²) in [6.07, 6.45) is -1.36. The molecule has 3 aromatic rings. The molecule has 10 heteroatoms. The van der Waals surface area contributed by atoms with Gasteiger partial charge in [-0.1, -0.05) is 65.7 Å². The summed E-state index contributed by atoms with van der Waals surface area (Å²) in [5.74, 6) is -3.36. The van der Waals surface area contributed by atoms with Crippen LogP contribution in [0.4, 0.5) is 4.79 Å². The van der Waals surface area contributed by atoms with Crippen molar-refractivity contribution in [2.24, 2.45) is 0 Å². The molecule has 0 bridgehead atoms. The molecule has 5 rings (SSSR count). The zero-order valence-electron chi connectivity index (χ0n) is 24.4. The maximum atomic E-state index is 13.3. The van der Waals surface area contributed by atoms with Crippen LogP contribution in [-0.4, -0.2) is 65.1 Å². The Labute approximate surface area is 249 Å². The number of amides is 3. The average Bonchev–Trinajstić information content (AvgIpc) is 3.42. The van der Waals surface area contributed by atoms with Crippen LogP contribution in [0.1, 0.15) is 71.4 Å². The first-order chi connectivity index (χ1) is 20.5. The summed E-state index contributed by atoms with van der Waals surface area (Å²) in [5.41, 5.74) is 3.63. The van der Waals surface area contributed by atoms with E-state index < -0.39 is 47.9 Å². The number of carbonyl (C=O) groups is 5. The lowest BCUT2D eigenvalue weighted by Gasteiger charge is -2.29. The lowest BCUT2D eigenvalue weighted by Crippen LogP contribution is -2.46. The Hall–Kier alpha value is -4.99. The highest BCUT2D eigenvalue weighted by Crippen LogP contribution is 2.44. The number of esters is 1. The molecule has 2 aliphatic rings. The van der Waals surface area contributed by atoms with Gasteiger partial charge in [-0.15, -0.1) is 0 Å². The first-order valence-corrected chi connectivity index (χ1v) is 14.0. The zero-order valence-corrected chi connectivity index (χ0v) is 24.4. The van der Waals surface area contributed by atoms with E-state index in [9.17, 15) is 24.0 Å². The van der Waals surface area contributed by atoms with Gasteiger partial charge in [0.25, 0.3) is 11.8 Å². The lowest BCUT2D eigenvalue weighted by atomic mass is 9.98. The van der Waals surface area contributed by atoms with E-state index >= 15 is 0 Å². The molecule has 1 heterocycles. The van der Waals surface area contributed by atoms with Crippen LogP contribution in [0.25, 0.3) is 11.1 Å². The molecule has 1 atom stereocenters. The maximum Gasteiger partial charge on any atom is 0.410 e. The smallest absolute Gasteiger partial charge is 0.410 e. The van der Waals surface area contributed by atoms with E-state index in [2.05, 4.69) is 0 Å². The molecule has 1 aliphatic heterocycles. The number of rotatable bonds is 8. The van der Waals surface area contributed by atoms with Gasteiger partial charge < -0.3 is 14.3 Å². The molecular weight excluding hydrogens is 552 g/mol. The summed E-state index contributed by atoms with van der Waals surface area (Å²) < 4.78 is 11.2. The SMILES string of the molecule is CN(C(=O)OCC1c2ccccc2-c2ccccc21)C(CCC(=O)ON1C(=O)c2ccccc2C1=O)C(=O)OC(C)(C)C. The molecule has 0 fully saturated rings. The van der Waals surface area contributed by atoms with Gasteiger partial charge in [0.1, 0.15) is 18.2 Å². The minimum absolute atomic E-state index is 0.0417. The van der Waals surface area contributed by atoms with E-state index in [1.165, 1.54) is 19.2 Å². The molecule has 0 saturated heterocycles. The standard InChI is InChI=1S/C33H32N2O8/c1-33(2,3)42-31(39)27(17-18-28(36)43-35-29(37)24-15-9-10-16-25(24)30(35)38)34(4)32(40)41-19-26-22-13-7-5-11-20(22)21-12-6-8-14-23(21)26/h5-16,26-27H,17-19H2,1-4H3. The molecule has 0 aromatic heterocycles. The Morgan fingerprint density at radius 2 is 1.30 bits per heavy atom. The topological polar surface area (TPSA) is 120 Å². The van der Waals surface area contributed by atoms with E-state index in [0.717, 1.165) is 27.2 Å². The fraction of sp³-hybridized carbons (Fsp3) is 0.303. The Balaban J connectivity index is 1.25. The fourth-order valence-corrected chi connectivity index (χ4v) is 5.31. The number of likely N-dealkylation sites (N-methyl/N-ethyl adjacent to an activating group) is 1. The Morgan fingerprint density at radius 3 is 1.81 bits per heavy atom. The van der Waals surface area contributed by atoms with Crippen LogP contribution in [0.15, 0.2) is 72.8 Å². The van der Waals surface area contributed by atoms with Crippen molar-refractivity contribution in [2.75, 3.05) is 13.7 Å². The number of imide groups is 1. The highest BCUT2D eigenvalue weighted by molar-refractivity contribution is 6.20.